The van der Waals surface area contributed by atoms with E-state index in [1.807, 2.05) is 27.7 Å². The number of hydrogen-bond donors (Lipinski definition) is 0. The van der Waals surface area contributed by atoms with E-state index in [1.165, 1.54) is 4.90 Å². The van der Waals surface area contributed by atoms with Crippen molar-refractivity contribution in [3.63, 3.8) is 0 Å². The quantitative estimate of drug-likeness (QED) is 0.766. The molecule has 0 aromatic rings. The Bertz CT molecular complexity index is 385. The lowest BCUT2D eigenvalue weighted by molar-refractivity contribution is -0.130. The molecule has 0 aromatic heterocycles. The van der Waals surface area contributed by atoms with Crippen LogP contribution in [0, 0.1) is 29.1 Å². The Morgan fingerprint density at radius 3 is 2.58 bits per heavy atom. The van der Waals surface area contributed by atoms with E-state index in [0.29, 0.717) is 12.3 Å². The maximum absolute atomic E-state index is 12.2. The molecule has 1 aliphatic rings. The summed E-state index contributed by atoms with van der Waals surface area (Å²) >= 11 is 0. The van der Waals surface area contributed by atoms with Gasteiger partial charge in [-0.2, -0.15) is 5.26 Å². The minimum Gasteiger partial charge on any atom is -0.447 e. The van der Waals surface area contributed by atoms with Crippen LogP contribution in [0.4, 0.5) is 4.79 Å². The highest BCUT2D eigenvalue weighted by molar-refractivity contribution is 5.93. The number of carbonyl (C=O) groups is 2. The monoisotopic (exact) mass is 266 g/mol. The molecule has 1 aliphatic heterocycles. The van der Waals surface area contributed by atoms with E-state index in [4.69, 9.17) is 10.00 Å². The number of amides is 2. The molecule has 2 atom stereocenters. The van der Waals surface area contributed by atoms with Gasteiger partial charge >= 0.3 is 6.09 Å². The molecule has 1 heterocycles. The van der Waals surface area contributed by atoms with Crippen molar-refractivity contribution in [1.82, 2.24) is 4.90 Å². The Labute approximate surface area is 114 Å². The van der Waals surface area contributed by atoms with E-state index in [1.54, 1.807) is 0 Å². The Kier molecular flexibility index (Phi) is 5.34. The predicted octanol–water partition coefficient (Wildman–Crippen LogP) is 2.57. The SMILES string of the molecule is CC(C)C[C@@H](C#N)CC(=O)N1C(=O)OC[C@@H]1C(C)C. The van der Waals surface area contributed by atoms with E-state index < -0.39 is 6.09 Å². The summed E-state index contributed by atoms with van der Waals surface area (Å²) in [5, 5.41) is 9.07. The van der Waals surface area contributed by atoms with Gasteiger partial charge in [0.25, 0.3) is 0 Å². The van der Waals surface area contributed by atoms with Crippen LogP contribution >= 0.6 is 0 Å². The van der Waals surface area contributed by atoms with E-state index in [2.05, 4.69) is 6.07 Å². The second-order valence-corrected chi connectivity index (χ2v) is 5.81. The summed E-state index contributed by atoms with van der Waals surface area (Å²) in [6.07, 6.45) is 0.176. The van der Waals surface area contributed by atoms with Crippen LogP contribution in [0.5, 0.6) is 0 Å². The fourth-order valence-corrected chi connectivity index (χ4v) is 2.27. The highest BCUT2D eigenvalue weighted by atomic mass is 16.6. The third-order valence-corrected chi connectivity index (χ3v) is 3.30. The highest BCUT2D eigenvalue weighted by Gasteiger charge is 2.39. The van der Waals surface area contributed by atoms with Crippen LogP contribution in [0.25, 0.3) is 0 Å². The minimum atomic E-state index is -0.579. The van der Waals surface area contributed by atoms with Crippen molar-refractivity contribution >= 4 is 12.0 Å². The van der Waals surface area contributed by atoms with Gasteiger partial charge in [-0.15, -0.1) is 0 Å². The maximum Gasteiger partial charge on any atom is 0.416 e. The molecule has 0 radical (unpaired) electrons. The van der Waals surface area contributed by atoms with Gasteiger partial charge in [0.15, 0.2) is 0 Å². The van der Waals surface area contributed by atoms with Gasteiger partial charge in [-0.05, 0) is 18.3 Å². The van der Waals surface area contributed by atoms with Crippen LogP contribution in [0.15, 0.2) is 0 Å². The zero-order chi connectivity index (χ0) is 14.6. The average Bonchev–Trinajstić information content (AvgIpc) is 2.69. The van der Waals surface area contributed by atoms with Gasteiger partial charge in [-0.25, -0.2) is 9.69 Å². The molecule has 0 aromatic carbocycles. The first-order valence-electron chi connectivity index (χ1n) is 6.75. The Balaban J connectivity index is 2.70. The largest absolute Gasteiger partial charge is 0.447 e. The highest BCUT2D eigenvalue weighted by Crippen LogP contribution is 2.23. The average molecular weight is 266 g/mol. The number of ether oxygens (including phenoxy) is 1. The number of carbonyl (C=O) groups excluding carboxylic acids is 2. The van der Waals surface area contributed by atoms with Crippen molar-refractivity contribution in [3.05, 3.63) is 0 Å². The molecule has 0 saturated carbocycles. The molecule has 0 spiro atoms. The zero-order valence-corrected chi connectivity index (χ0v) is 12.0. The fraction of sp³-hybridized carbons (Fsp3) is 0.786. The topological polar surface area (TPSA) is 70.4 Å². The van der Waals surface area contributed by atoms with E-state index in [-0.39, 0.29) is 36.8 Å². The van der Waals surface area contributed by atoms with Crippen molar-refractivity contribution in [2.75, 3.05) is 6.61 Å². The van der Waals surface area contributed by atoms with Gasteiger partial charge in [-0.1, -0.05) is 27.7 Å². The third-order valence-electron chi connectivity index (χ3n) is 3.30. The predicted molar refractivity (Wildman–Crippen MR) is 70.0 cm³/mol. The van der Waals surface area contributed by atoms with Crippen LogP contribution in [0.2, 0.25) is 0 Å². The smallest absolute Gasteiger partial charge is 0.416 e. The van der Waals surface area contributed by atoms with Gasteiger partial charge in [0.1, 0.15) is 6.61 Å². The summed E-state index contributed by atoms with van der Waals surface area (Å²) in [7, 11) is 0. The van der Waals surface area contributed by atoms with Crippen LogP contribution in [0.3, 0.4) is 0 Å². The number of cyclic esters (lactones) is 1. The second-order valence-electron chi connectivity index (χ2n) is 5.81. The van der Waals surface area contributed by atoms with Crippen molar-refractivity contribution in [1.29, 1.82) is 5.26 Å². The van der Waals surface area contributed by atoms with E-state index in [0.717, 1.165) is 0 Å². The zero-order valence-electron chi connectivity index (χ0n) is 12.0. The maximum atomic E-state index is 12.2. The summed E-state index contributed by atoms with van der Waals surface area (Å²) in [5.41, 5.74) is 0. The lowest BCUT2D eigenvalue weighted by Gasteiger charge is -2.23. The van der Waals surface area contributed by atoms with Crippen LogP contribution in [-0.2, 0) is 9.53 Å². The van der Waals surface area contributed by atoms with E-state index in [9.17, 15) is 9.59 Å². The normalized spacial score (nSPS) is 20.6. The third kappa shape index (κ3) is 3.95. The molecule has 0 unspecified atom stereocenters. The van der Waals surface area contributed by atoms with Crippen molar-refractivity contribution < 1.29 is 14.3 Å². The molecular weight excluding hydrogens is 244 g/mol. The van der Waals surface area contributed by atoms with Crippen molar-refractivity contribution in [2.45, 2.75) is 46.6 Å². The second kappa shape index (κ2) is 6.55. The Morgan fingerprint density at radius 1 is 1.47 bits per heavy atom. The summed E-state index contributed by atoms with van der Waals surface area (Å²) in [4.78, 5) is 25.0. The summed E-state index contributed by atoms with van der Waals surface area (Å²) in [5.74, 6) is -0.132. The van der Waals surface area contributed by atoms with E-state index >= 15 is 0 Å². The molecule has 1 fully saturated rings. The molecule has 5 heteroatoms. The van der Waals surface area contributed by atoms with Crippen LogP contribution in [-0.4, -0.2) is 29.5 Å². The molecule has 0 N–H and O–H groups in total. The Morgan fingerprint density at radius 2 is 2.11 bits per heavy atom. The number of rotatable bonds is 5. The Hall–Kier alpha value is -1.57. The minimum absolute atomic E-state index is 0.0903. The van der Waals surface area contributed by atoms with Gasteiger partial charge in [0, 0.05) is 6.42 Å². The van der Waals surface area contributed by atoms with Crippen molar-refractivity contribution in [2.24, 2.45) is 17.8 Å². The van der Waals surface area contributed by atoms with Crippen LogP contribution < -0.4 is 0 Å². The van der Waals surface area contributed by atoms with Gasteiger partial charge in [0.05, 0.1) is 18.0 Å². The standard InChI is InChI=1S/C14H22N2O3/c1-9(2)5-11(7-15)6-13(17)16-12(10(3)4)8-19-14(16)18/h9-12H,5-6,8H2,1-4H3/t11-,12-/m1/s1. The van der Waals surface area contributed by atoms with Gasteiger partial charge in [-0.3, -0.25) is 4.79 Å². The first kappa shape index (κ1) is 15.5. The van der Waals surface area contributed by atoms with Gasteiger partial charge < -0.3 is 4.74 Å². The number of nitrogens with zero attached hydrogens (tertiary/aromatic N) is 2. The summed E-state index contributed by atoms with van der Waals surface area (Å²) in [6, 6.07) is 1.94. The van der Waals surface area contributed by atoms with Crippen molar-refractivity contribution in [3.8, 4) is 6.07 Å². The molecular formula is C14H22N2O3. The molecule has 0 aliphatic carbocycles. The molecule has 5 nitrogen and oxygen atoms in total. The lowest BCUT2D eigenvalue weighted by atomic mass is 9.94. The molecule has 106 valence electrons. The van der Waals surface area contributed by atoms with Gasteiger partial charge in [0.2, 0.25) is 5.91 Å². The molecule has 1 rings (SSSR count). The number of imide groups is 1. The first-order chi connectivity index (χ1) is 8.86. The fourth-order valence-electron chi connectivity index (χ4n) is 2.27. The summed E-state index contributed by atoms with van der Waals surface area (Å²) in [6.45, 7) is 8.17. The first-order valence-corrected chi connectivity index (χ1v) is 6.75. The lowest BCUT2D eigenvalue weighted by Crippen LogP contribution is -2.42. The number of hydrogen-bond acceptors (Lipinski definition) is 4. The molecule has 2 amide bonds. The number of nitriles is 1. The summed E-state index contributed by atoms with van der Waals surface area (Å²) < 4.78 is 4.94. The van der Waals surface area contributed by atoms with Crippen LogP contribution in [0.1, 0.15) is 40.5 Å². The molecule has 19 heavy (non-hydrogen) atoms. The molecule has 1 saturated heterocycles. The molecule has 0 bridgehead atoms.